The Balaban J connectivity index is 2.31. The van der Waals surface area contributed by atoms with E-state index >= 15 is 0 Å². The van der Waals surface area contributed by atoms with E-state index in [1.165, 1.54) is 6.07 Å². The molecule has 1 aromatic heterocycles. The van der Waals surface area contributed by atoms with Crippen molar-refractivity contribution < 1.29 is 9.18 Å². The third-order valence-electron chi connectivity index (χ3n) is 4.34. The first kappa shape index (κ1) is 14.6. The number of aryl methyl sites for hydroxylation is 2. The van der Waals surface area contributed by atoms with Gasteiger partial charge in [0.1, 0.15) is 5.82 Å². The number of H-pyrrole nitrogens is 1. The van der Waals surface area contributed by atoms with Gasteiger partial charge in [-0.15, -0.1) is 0 Å². The number of hydrogen-bond acceptors (Lipinski definition) is 2. The zero-order chi connectivity index (χ0) is 15.9. The van der Waals surface area contributed by atoms with Crippen LogP contribution >= 0.6 is 0 Å². The number of aromatic nitrogens is 1. The Morgan fingerprint density at radius 1 is 1.41 bits per heavy atom. The monoisotopic (exact) mass is 301 g/mol. The van der Waals surface area contributed by atoms with Gasteiger partial charge in [-0.1, -0.05) is 0 Å². The summed E-state index contributed by atoms with van der Waals surface area (Å²) >= 11 is 0. The summed E-state index contributed by atoms with van der Waals surface area (Å²) in [6.07, 6.45) is 3.76. The van der Waals surface area contributed by atoms with Crippen LogP contribution in [0.15, 0.2) is 12.3 Å². The smallest absolute Gasteiger partial charge is 0.221 e. The second-order valence-electron chi connectivity index (χ2n) is 5.89. The number of allylic oxidation sites excluding steroid dienone is 1. The molecule has 0 radical (unpaired) electrons. The Labute approximate surface area is 128 Å². The average Bonchev–Trinajstić information content (AvgIpc) is 2.76. The minimum atomic E-state index is -0.461. The average molecular weight is 301 g/mol. The first-order valence-corrected chi connectivity index (χ1v) is 7.50. The second-order valence-corrected chi connectivity index (χ2v) is 5.89. The van der Waals surface area contributed by atoms with E-state index in [1.807, 2.05) is 20.0 Å². The first-order chi connectivity index (χ1) is 10.5. The largest absolute Gasteiger partial charge is 0.391 e. The minimum absolute atomic E-state index is 0.0321. The highest BCUT2D eigenvalue weighted by Gasteiger charge is 2.21. The zero-order valence-electron chi connectivity index (χ0n) is 12.8. The lowest BCUT2D eigenvalue weighted by molar-refractivity contribution is -0.117. The third kappa shape index (κ3) is 2.36. The van der Waals surface area contributed by atoms with Gasteiger partial charge in [0.2, 0.25) is 5.91 Å². The van der Waals surface area contributed by atoms with Crippen molar-refractivity contribution in [1.29, 1.82) is 0 Å². The molecule has 0 unspecified atom stereocenters. The molecule has 2 heterocycles. The highest BCUT2D eigenvalue weighted by molar-refractivity contribution is 5.99. The molecule has 0 saturated heterocycles. The van der Waals surface area contributed by atoms with E-state index in [-0.39, 0.29) is 12.2 Å². The summed E-state index contributed by atoms with van der Waals surface area (Å²) in [6.45, 7) is 4.85. The van der Waals surface area contributed by atoms with Crippen molar-refractivity contribution in [2.24, 2.45) is 5.73 Å². The number of fused-ring (bicyclic) bond motifs is 1. The first-order valence-electron chi connectivity index (χ1n) is 7.50. The molecule has 0 saturated carbocycles. The number of nitrogens with one attached hydrogen (secondary N) is 2. The molecule has 0 bridgehead atoms. The number of carbonyl (C=O) groups excluding carboxylic acids is 1. The third-order valence-corrected chi connectivity index (χ3v) is 4.34. The summed E-state index contributed by atoms with van der Waals surface area (Å²) in [4.78, 5) is 14.6. The van der Waals surface area contributed by atoms with Crippen LogP contribution in [0.3, 0.4) is 0 Å². The summed E-state index contributed by atoms with van der Waals surface area (Å²) in [7, 11) is 0. The van der Waals surface area contributed by atoms with Gasteiger partial charge in [0, 0.05) is 29.4 Å². The fourth-order valence-corrected chi connectivity index (χ4v) is 3.18. The maximum atomic E-state index is 14.8. The molecule has 4 N–H and O–H groups in total. The van der Waals surface area contributed by atoms with Crippen LogP contribution in [0, 0.1) is 19.7 Å². The van der Waals surface area contributed by atoms with Gasteiger partial charge in [0.25, 0.3) is 0 Å². The van der Waals surface area contributed by atoms with Crippen molar-refractivity contribution in [3.05, 3.63) is 40.5 Å². The van der Waals surface area contributed by atoms with Crippen LogP contribution in [0.5, 0.6) is 0 Å². The Morgan fingerprint density at radius 2 is 2.18 bits per heavy atom. The van der Waals surface area contributed by atoms with Gasteiger partial charge in [-0.05, 0) is 49.5 Å². The van der Waals surface area contributed by atoms with Crippen LogP contribution in [-0.2, 0) is 11.2 Å². The SMILES string of the molecule is Cc1[nH]c2c(CC(N)=O)cc(F)c(C3=CNCCC3)c2c1C. The van der Waals surface area contributed by atoms with Crippen molar-refractivity contribution >= 4 is 22.4 Å². The molecule has 0 atom stereocenters. The lowest BCUT2D eigenvalue weighted by Gasteiger charge is -2.17. The van der Waals surface area contributed by atoms with E-state index in [0.29, 0.717) is 11.1 Å². The van der Waals surface area contributed by atoms with Crippen molar-refractivity contribution in [2.45, 2.75) is 33.1 Å². The van der Waals surface area contributed by atoms with Gasteiger partial charge in [-0.25, -0.2) is 4.39 Å². The van der Waals surface area contributed by atoms with Gasteiger partial charge >= 0.3 is 0 Å². The Kier molecular flexibility index (Phi) is 3.64. The van der Waals surface area contributed by atoms with Gasteiger partial charge in [-0.3, -0.25) is 4.79 Å². The lowest BCUT2D eigenvalue weighted by atomic mass is 9.92. The second kappa shape index (κ2) is 5.48. The Hall–Kier alpha value is -2.30. The molecular weight excluding hydrogens is 281 g/mol. The molecular formula is C17H20FN3O. The predicted molar refractivity (Wildman–Crippen MR) is 85.8 cm³/mol. The van der Waals surface area contributed by atoms with Crippen LogP contribution in [0.4, 0.5) is 4.39 Å². The van der Waals surface area contributed by atoms with E-state index in [9.17, 15) is 9.18 Å². The van der Waals surface area contributed by atoms with Crippen LogP contribution in [0.1, 0.15) is 35.2 Å². The zero-order valence-corrected chi connectivity index (χ0v) is 12.8. The van der Waals surface area contributed by atoms with Crippen molar-refractivity contribution in [2.75, 3.05) is 6.54 Å². The highest BCUT2D eigenvalue weighted by atomic mass is 19.1. The predicted octanol–water partition coefficient (Wildman–Crippen LogP) is 2.68. The topological polar surface area (TPSA) is 70.9 Å². The molecule has 22 heavy (non-hydrogen) atoms. The number of rotatable bonds is 3. The number of nitrogens with two attached hydrogens (primary N) is 1. The molecule has 0 aliphatic carbocycles. The van der Waals surface area contributed by atoms with Crippen molar-refractivity contribution in [1.82, 2.24) is 10.3 Å². The number of benzene rings is 1. The summed E-state index contributed by atoms with van der Waals surface area (Å²) < 4.78 is 14.8. The quantitative estimate of drug-likeness (QED) is 0.815. The van der Waals surface area contributed by atoms with Crippen molar-refractivity contribution in [3.63, 3.8) is 0 Å². The molecule has 1 aromatic carbocycles. The molecule has 1 amide bonds. The van der Waals surface area contributed by atoms with Crippen LogP contribution in [-0.4, -0.2) is 17.4 Å². The highest BCUT2D eigenvalue weighted by Crippen LogP contribution is 2.36. The lowest BCUT2D eigenvalue weighted by Crippen LogP contribution is -2.15. The maximum Gasteiger partial charge on any atom is 0.221 e. The van der Waals surface area contributed by atoms with Crippen LogP contribution < -0.4 is 11.1 Å². The number of aromatic amines is 1. The fourth-order valence-electron chi connectivity index (χ4n) is 3.18. The standard InChI is InChI=1S/C17H20FN3O/c1-9-10(2)21-17-12(7-14(19)22)6-13(18)16(15(9)17)11-4-3-5-20-8-11/h6,8,20-21H,3-5,7H2,1-2H3,(H2,19,22). The summed E-state index contributed by atoms with van der Waals surface area (Å²) in [6, 6.07) is 1.44. The van der Waals surface area contributed by atoms with E-state index in [4.69, 9.17) is 5.73 Å². The van der Waals surface area contributed by atoms with E-state index < -0.39 is 5.91 Å². The molecule has 116 valence electrons. The van der Waals surface area contributed by atoms with Crippen LogP contribution in [0.25, 0.3) is 16.5 Å². The minimum Gasteiger partial charge on any atom is -0.391 e. The maximum absolute atomic E-state index is 14.8. The molecule has 2 aromatic rings. The van der Waals surface area contributed by atoms with Gasteiger partial charge in [-0.2, -0.15) is 0 Å². The van der Waals surface area contributed by atoms with Gasteiger partial charge < -0.3 is 16.0 Å². The number of amides is 1. The molecule has 0 spiro atoms. The van der Waals surface area contributed by atoms with E-state index in [0.717, 1.165) is 47.1 Å². The number of carbonyl (C=O) groups is 1. The van der Waals surface area contributed by atoms with Crippen LogP contribution in [0.2, 0.25) is 0 Å². The summed E-state index contributed by atoms with van der Waals surface area (Å²) in [5.41, 5.74) is 10.3. The fraction of sp³-hybridized carbons (Fsp3) is 0.353. The number of halogens is 1. The molecule has 4 nitrogen and oxygen atoms in total. The molecule has 5 heteroatoms. The molecule has 1 aliphatic heterocycles. The van der Waals surface area contributed by atoms with E-state index in [2.05, 4.69) is 10.3 Å². The summed E-state index contributed by atoms with van der Waals surface area (Å²) in [5.74, 6) is -0.752. The van der Waals surface area contributed by atoms with E-state index in [1.54, 1.807) is 0 Å². The van der Waals surface area contributed by atoms with Crippen molar-refractivity contribution in [3.8, 4) is 0 Å². The number of primary amides is 1. The Bertz CT molecular complexity index is 789. The van der Waals surface area contributed by atoms with Gasteiger partial charge in [0.05, 0.1) is 11.9 Å². The normalized spacial score (nSPS) is 14.8. The summed E-state index contributed by atoms with van der Waals surface area (Å²) in [5, 5.41) is 4.05. The Morgan fingerprint density at radius 3 is 2.82 bits per heavy atom. The molecule has 1 aliphatic rings. The van der Waals surface area contributed by atoms with Gasteiger partial charge in [0.15, 0.2) is 0 Å². The molecule has 3 rings (SSSR count). The number of hydrogen-bond donors (Lipinski definition) is 3. The molecule has 0 fully saturated rings.